The van der Waals surface area contributed by atoms with Crippen LogP contribution in [-0.2, 0) is 4.79 Å². The second-order valence-electron chi connectivity index (χ2n) is 6.38. The maximum absolute atomic E-state index is 12.8. The first kappa shape index (κ1) is 17.3. The monoisotopic (exact) mass is 404 g/mol. The molecule has 4 nitrogen and oxygen atoms in total. The predicted molar refractivity (Wildman–Crippen MR) is 84.4 cm³/mol. The molecule has 0 aromatic heterocycles. The number of likely N-dealkylation sites (tertiary alicyclic amines) is 1. The molecule has 1 heterocycles. The van der Waals surface area contributed by atoms with Gasteiger partial charge in [-0.15, -0.1) is 0 Å². The van der Waals surface area contributed by atoms with Crippen molar-refractivity contribution in [2.24, 2.45) is 11.8 Å². The number of halogens is 4. The minimum atomic E-state index is -4.91. The molecular weight excluding hydrogens is 389 g/mol. The van der Waals surface area contributed by atoms with Crippen LogP contribution in [0.4, 0.5) is 13.2 Å². The molecule has 3 rings (SSSR count). The predicted octanol–water partition coefficient (Wildman–Crippen LogP) is 2.90. The van der Waals surface area contributed by atoms with Gasteiger partial charge in [-0.3, -0.25) is 9.59 Å². The zero-order valence-electron chi connectivity index (χ0n) is 12.9. The highest BCUT2D eigenvalue weighted by molar-refractivity contribution is 9.10. The molecule has 24 heavy (non-hydrogen) atoms. The molecule has 1 saturated heterocycles. The van der Waals surface area contributed by atoms with Crippen LogP contribution < -0.4 is 5.32 Å². The lowest BCUT2D eigenvalue weighted by Gasteiger charge is -2.28. The number of fused-ring (bicyclic) bond motifs is 1. The zero-order valence-corrected chi connectivity index (χ0v) is 14.4. The van der Waals surface area contributed by atoms with Crippen molar-refractivity contribution >= 4 is 27.7 Å². The third kappa shape index (κ3) is 3.29. The molecule has 1 aromatic rings. The van der Waals surface area contributed by atoms with Crippen LogP contribution in [0.1, 0.15) is 22.3 Å². The summed E-state index contributed by atoms with van der Waals surface area (Å²) in [5.41, 5.74) is 1.48. The standard InChI is InChI=1S/C16H16BrF3N2O2/c1-8-2-3-10(12(17)4-8)14(23)22-7-9-5-11(9)13(22)6-21-15(24)16(18,19)20/h2-4,9,11,13H,5-7H2,1H3,(H,21,24)/t9-,11-,13-/m1/s1. The Morgan fingerprint density at radius 2 is 2.08 bits per heavy atom. The summed E-state index contributed by atoms with van der Waals surface area (Å²) >= 11 is 3.36. The maximum atomic E-state index is 12.8. The number of piperidine rings is 1. The first-order valence-electron chi connectivity index (χ1n) is 7.60. The van der Waals surface area contributed by atoms with E-state index in [0.717, 1.165) is 12.0 Å². The number of amides is 2. The summed E-state index contributed by atoms with van der Waals surface area (Å²) in [5, 5.41) is 1.91. The van der Waals surface area contributed by atoms with Crippen molar-refractivity contribution in [1.29, 1.82) is 0 Å². The molecule has 1 saturated carbocycles. The van der Waals surface area contributed by atoms with Gasteiger partial charge in [0.15, 0.2) is 0 Å². The van der Waals surface area contributed by atoms with Crippen LogP contribution in [0.5, 0.6) is 0 Å². The van der Waals surface area contributed by atoms with E-state index in [0.29, 0.717) is 22.5 Å². The summed E-state index contributed by atoms with van der Waals surface area (Å²) < 4.78 is 37.7. The average molecular weight is 405 g/mol. The number of rotatable bonds is 3. The Hall–Kier alpha value is -1.57. The summed E-state index contributed by atoms with van der Waals surface area (Å²) in [7, 11) is 0. The third-order valence-corrected chi connectivity index (χ3v) is 5.30. The largest absolute Gasteiger partial charge is 0.471 e. The highest BCUT2D eigenvalue weighted by atomic mass is 79.9. The molecule has 0 bridgehead atoms. The number of hydrogen-bond donors (Lipinski definition) is 1. The number of nitrogens with zero attached hydrogens (tertiary/aromatic N) is 1. The summed E-state index contributed by atoms with van der Waals surface area (Å²) in [5.74, 6) is -1.69. The molecule has 1 N–H and O–H groups in total. The van der Waals surface area contributed by atoms with Gasteiger partial charge in [0.05, 0.1) is 11.6 Å². The van der Waals surface area contributed by atoms with E-state index in [4.69, 9.17) is 0 Å². The van der Waals surface area contributed by atoms with E-state index in [1.807, 2.05) is 24.4 Å². The number of alkyl halides is 3. The van der Waals surface area contributed by atoms with Crippen LogP contribution >= 0.6 is 15.9 Å². The quantitative estimate of drug-likeness (QED) is 0.841. The van der Waals surface area contributed by atoms with Crippen LogP contribution in [-0.4, -0.2) is 42.0 Å². The van der Waals surface area contributed by atoms with Crippen LogP contribution in [0.15, 0.2) is 22.7 Å². The Morgan fingerprint density at radius 1 is 1.38 bits per heavy atom. The Kier molecular flexibility index (Phi) is 4.36. The van der Waals surface area contributed by atoms with E-state index in [1.165, 1.54) is 0 Å². The number of carbonyl (C=O) groups is 2. The van der Waals surface area contributed by atoms with Crippen molar-refractivity contribution in [2.45, 2.75) is 25.6 Å². The molecule has 2 fully saturated rings. The SMILES string of the molecule is Cc1ccc(C(=O)N2C[C@H]3C[C@H]3[C@H]2CNC(=O)C(F)(F)F)c(Br)c1. The van der Waals surface area contributed by atoms with Gasteiger partial charge in [-0.2, -0.15) is 13.2 Å². The van der Waals surface area contributed by atoms with Gasteiger partial charge in [0.25, 0.3) is 5.91 Å². The number of benzene rings is 1. The summed E-state index contributed by atoms with van der Waals surface area (Å²) in [6.45, 7) is 2.25. The topological polar surface area (TPSA) is 49.4 Å². The van der Waals surface area contributed by atoms with Gasteiger partial charge in [-0.1, -0.05) is 6.07 Å². The normalized spacial score (nSPS) is 25.4. The van der Waals surface area contributed by atoms with Gasteiger partial charge in [-0.05, 0) is 58.8 Å². The van der Waals surface area contributed by atoms with Gasteiger partial charge in [0.2, 0.25) is 0 Å². The van der Waals surface area contributed by atoms with E-state index in [2.05, 4.69) is 15.9 Å². The lowest BCUT2D eigenvalue weighted by molar-refractivity contribution is -0.173. The van der Waals surface area contributed by atoms with E-state index in [9.17, 15) is 22.8 Å². The van der Waals surface area contributed by atoms with E-state index < -0.39 is 12.1 Å². The fraction of sp³-hybridized carbons (Fsp3) is 0.500. The minimum absolute atomic E-state index is 0.172. The van der Waals surface area contributed by atoms with E-state index >= 15 is 0 Å². The molecule has 0 unspecified atom stereocenters. The van der Waals surface area contributed by atoms with Gasteiger partial charge in [0.1, 0.15) is 0 Å². The number of aryl methyl sites for hydroxylation is 1. The lowest BCUT2D eigenvalue weighted by Crippen LogP contribution is -2.48. The van der Waals surface area contributed by atoms with Crippen LogP contribution in [0.2, 0.25) is 0 Å². The summed E-state index contributed by atoms with van der Waals surface area (Å²) in [4.78, 5) is 25.4. The number of nitrogens with one attached hydrogen (secondary N) is 1. The van der Waals surface area contributed by atoms with E-state index in [-0.39, 0.29) is 24.4 Å². The molecule has 2 aliphatic rings. The Labute approximate surface area is 145 Å². The maximum Gasteiger partial charge on any atom is 0.471 e. The molecule has 1 aliphatic heterocycles. The van der Waals surface area contributed by atoms with Gasteiger partial charge < -0.3 is 10.2 Å². The van der Waals surface area contributed by atoms with Crippen molar-refractivity contribution in [2.75, 3.05) is 13.1 Å². The van der Waals surface area contributed by atoms with Crippen molar-refractivity contribution in [3.05, 3.63) is 33.8 Å². The van der Waals surface area contributed by atoms with Crippen LogP contribution in [0.25, 0.3) is 0 Å². The second-order valence-corrected chi connectivity index (χ2v) is 7.23. The van der Waals surface area contributed by atoms with E-state index in [1.54, 1.807) is 11.0 Å². The Bertz CT molecular complexity index is 692. The minimum Gasteiger partial charge on any atom is -0.346 e. The Morgan fingerprint density at radius 3 is 2.71 bits per heavy atom. The zero-order chi connectivity index (χ0) is 17.6. The van der Waals surface area contributed by atoms with Crippen molar-refractivity contribution in [3.8, 4) is 0 Å². The molecule has 3 atom stereocenters. The molecule has 0 spiro atoms. The third-order valence-electron chi connectivity index (χ3n) is 4.65. The molecule has 130 valence electrons. The molecule has 1 aliphatic carbocycles. The van der Waals surface area contributed by atoms with Crippen LogP contribution in [0, 0.1) is 18.8 Å². The molecule has 1 aromatic carbocycles. The second kappa shape index (κ2) is 6.06. The van der Waals surface area contributed by atoms with Gasteiger partial charge >= 0.3 is 12.1 Å². The summed E-state index contributed by atoms with van der Waals surface area (Å²) in [6.07, 6.45) is -4.01. The van der Waals surface area contributed by atoms with Crippen molar-refractivity contribution in [1.82, 2.24) is 10.2 Å². The van der Waals surface area contributed by atoms with Crippen LogP contribution in [0.3, 0.4) is 0 Å². The van der Waals surface area contributed by atoms with Gasteiger partial charge in [-0.25, -0.2) is 0 Å². The highest BCUT2D eigenvalue weighted by Crippen LogP contribution is 2.49. The number of carbonyl (C=O) groups excluding carboxylic acids is 2. The first-order valence-corrected chi connectivity index (χ1v) is 8.40. The first-order chi connectivity index (χ1) is 11.2. The molecule has 2 amide bonds. The Balaban J connectivity index is 1.72. The molecular formula is C16H16BrF3N2O2. The van der Waals surface area contributed by atoms with Crippen molar-refractivity contribution < 1.29 is 22.8 Å². The fourth-order valence-electron chi connectivity index (χ4n) is 3.31. The van der Waals surface area contributed by atoms with Gasteiger partial charge in [0, 0.05) is 17.6 Å². The molecule has 8 heteroatoms. The lowest BCUT2D eigenvalue weighted by atomic mass is 10.1. The smallest absolute Gasteiger partial charge is 0.346 e. The number of hydrogen-bond acceptors (Lipinski definition) is 2. The average Bonchev–Trinajstić information content (AvgIpc) is 3.16. The summed E-state index contributed by atoms with van der Waals surface area (Å²) in [6, 6.07) is 4.96. The molecule has 0 radical (unpaired) electrons. The fourth-order valence-corrected chi connectivity index (χ4v) is 3.98. The van der Waals surface area contributed by atoms with Crippen molar-refractivity contribution in [3.63, 3.8) is 0 Å². The highest BCUT2D eigenvalue weighted by Gasteiger charge is 2.54.